The van der Waals surface area contributed by atoms with Crippen LogP contribution in [0.2, 0.25) is 0 Å². The van der Waals surface area contributed by atoms with Gasteiger partial charge in [-0.05, 0) is 0 Å². The van der Waals surface area contributed by atoms with Gasteiger partial charge in [0.1, 0.15) is 0 Å². The molecule has 0 atom stereocenters. The van der Waals surface area contributed by atoms with E-state index in [0.29, 0.717) is 0 Å². The summed E-state index contributed by atoms with van der Waals surface area (Å²) < 4.78 is 0. The predicted octanol–water partition coefficient (Wildman–Crippen LogP) is 1.46. The van der Waals surface area contributed by atoms with Crippen LogP contribution in [0.3, 0.4) is 0 Å². The molecule has 0 amide bonds. The molecule has 7 heteroatoms. The molecule has 0 nitrogen and oxygen atoms in total. The summed E-state index contributed by atoms with van der Waals surface area (Å²) in [5.41, 5.74) is 0. The molecule has 0 spiro atoms. The Labute approximate surface area is 130 Å². The van der Waals surface area contributed by atoms with Gasteiger partial charge in [0.15, 0.2) is 0 Å². The summed E-state index contributed by atoms with van der Waals surface area (Å²) in [4.78, 5) is 0. The van der Waals surface area contributed by atoms with Crippen molar-refractivity contribution < 1.29 is 19.5 Å². The van der Waals surface area contributed by atoms with Gasteiger partial charge in [0, 0.05) is 19.5 Å². The van der Waals surface area contributed by atoms with Crippen LogP contribution in [0.15, 0.2) is 0 Å². The quantitative estimate of drug-likeness (QED) is 0.592. The first-order valence-corrected chi connectivity index (χ1v) is 0. The smallest absolute Gasteiger partial charge is 0 e. The molecule has 0 N–H and O–H groups in total. The molecule has 0 bridgehead atoms. The molecule has 0 unspecified atom stereocenters. The molecule has 0 aromatic rings. The average molecular weight is 323 g/mol. The Balaban J connectivity index is 0. The topological polar surface area (TPSA) is 0 Å². The zero-order chi connectivity index (χ0) is 0. The van der Waals surface area contributed by atoms with E-state index in [1.165, 1.54) is 0 Å². The maximum atomic E-state index is 0. The van der Waals surface area contributed by atoms with Crippen molar-refractivity contribution in [2.75, 3.05) is 0 Å². The Morgan fingerprint density at radius 1 is 0.429 bits per heavy atom. The Kier molecular flexibility index (Phi) is 561. The molecule has 0 aliphatic rings. The van der Waals surface area contributed by atoms with Crippen LogP contribution < -0.4 is 0 Å². The first-order valence-electron chi connectivity index (χ1n) is 0. The van der Waals surface area contributed by atoms with Crippen molar-refractivity contribution in [3.63, 3.8) is 0 Å². The molecule has 50 valence electrons. The van der Waals surface area contributed by atoms with Gasteiger partial charge in [0.25, 0.3) is 0 Å². The minimum atomic E-state index is 0. The molecule has 7 heavy (non-hydrogen) atoms. The second-order valence-electron chi connectivity index (χ2n) is 0. The predicted molar refractivity (Wildman–Crippen MR) is 43.4 cm³/mol. The third-order valence-corrected chi connectivity index (χ3v) is 0. The Hall–Kier alpha value is 3.71. The van der Waals surface area contributed by atoms with E-state index >= 15 is 0 Å². The second kappa shape index (κ2) is 53.5. The van der Waals surface area contributed by atoms with Gasteiger partial charge >= 0.3 is 51.4 Å². The first-order chi connectivity index (χ1) is 0. The Morgan fingerprint density at radius 3 is 0.429 bits per heavy atom. The fourth-order valence-corrected chi connectivity index (χ4v) is 0. The van der Waals surface area contributed by atoms with Crippen molar-refractivity contribution in [1.29, 1.82) is 0 Å². The fourth-order valence-electron chi connectivity index (χ4n) is 0. The maximum Gasteiger partial charge on any atom is 0 e. The zero-order valence-electron chi connectivity index (χ0n) is 2.39. The summed E-state index contributed by atoms with van der Waals surface area (Å²) in [6.07, 6.45) is 0. The Morgan fingerprint density at radius 2 is 0.429 bits per heavy atom. The van der Waals surface area contributed by atoms with Crippen molar-refractivity contribution in [2.24, 2.45) is 0 Å². The van der Waals surface area contributed by atoms with Crippen LogP contribution in [0.5, 0.6) is 0 Å². The summed E-state index contributed by atoms with van der Waals surface area (Å²) in [5.74, 6) is 0. The van der Waals surface area contributed by atoms with Crippen molar-refractivity contribution >= 4 is 113 Å². The standard InChI is InChI=1S/5ClH.K.Ru.H/h5*1H;;;. The molecule has 0 aromatic carbocycles. The summed E-state index contributed by atoms with van der Waals surface area (Å²) in [7, 11) is 0. The van der Waals surface area contributed by atoms with E-state index in [0.717, 1.165) is 0 Å². The van der Waals surface area contributed by atoms with Crippen molar-refractivity contribution in [3.8, 4) is 0 Å². The molecule has 0 aliphatic heterocycles. The van der Waals surface area contributed by atoms with Crippen molar-refractivity contribution in [1.82, 2.24) is 0 Å². The van der Waals surface area contributed by atoms with Crippen LogP contribution >= 0.6 is 62.0 Å². The monoisotopic (exact) mass is 322 g/mol. The largest absolute Gasteiger partial charge is 0 e. The second-order valence-corrected chi connectivity index (χ2v) is 0. The van der Waals surface area contributed by atoms with Gasteiger partial charge in [0.05, 0.1) is 0 Å². The van der Waals surface area contributed by atoms with E-state index in [-0.39, 0.29) is 133 Å². The summed E-state index contributed by atoms with van der Waals surface area (Å²) >= 11 is 0. The van der Waals surface area contributed by atoms with E-state index in [4.69, 9.17) is 0 Å². The van der Waals surface area contributed by atoms with Gasteiger partial charge in [-0.2, -0.15) is 0 Å². The molecule has 0 radical (unpaired) electrons. The summed E-state index contributed by atoms with van der Waals surface area (Å²) in [6, 6.07) is 0. The van der Waals surface area contributed by atoms with Gasteiger partial charge < -0.3 is 0 Å². The van der Waals surface area contributed by atoms with Gasteiger partial charge in [0.2, 0.25) is 0 Å². The average Bonchev–Trinajstić information content (AvgIpc) is 0. The van der Waals surface area contributed by atoms with Crippen LogP contribution in [-0.4, -0.2) is 51.4 Å². The molecule has 0 heterocycles. The number of hydrogen-bond donors (Lipinski definition) is 0. The van der Waals surface area contributed by atoms with E-state index < -0.39 is 0 Å². The van der Waals surface area contributed by atoms with Crippen LogP contribution in [0, 0.1) is 0 Å². The molecule has 0 rings (SSSR count). The third kappa shape index (κ3) is 41.9. The van der Waals surface area contributed by atoms with Gasteiger partial charge in [-0.3, -0.25) is 0 Å². The van der Waals surface area contributed by atoms with Crippen LogP contribution in [0.4, 0.5) is 0 Å². The first kappa shape index (κ1) is 73.4. The number of hydrogen-bond acceptors (Lipinski definition) is 0. The molecule has 0 aliphatic carbocycles. The van der Waals surface area contributed by atoms with E-state index in [1.807, 2.05) is 0 Å². The molecule has 0 saturated heterocycles. The summed E-state index contributed by atoms with van der Waals surface area (Å²) in [5, 5.41) is 0. The maximum absolute atomic E-state index is 0. The minimum Gasteiger partial charge on any atom is 0 e. The molecular formula is H6Cl5KRu. The van der Waals surface area contributed by atoms with Gasteiger partial charge in [-0.1, -0.05) is 0 Å². The molecule has 0 aromatic heterocycles. The Bertz CT molecular complexity index is 8.04. The van der Waals surface area contributed by atoms with E-state index in [1.54, 1.807) is 0 Å². The molecule has 0 saturated carbocycles. The van der Waals surface area contributed by atoms with Gasteiger partial charge in [-0.15, -0.1) is 62.0 Å². The van der Waals surface area contributed by atoms with E-state index in [2.05, 4.69) is 0 Å². The number of rotatable bonds is 0. The van der Waals surface area contributed by atoms with Crippen molar-refractivity contribution in [3.05, 3.63) is 0 Å². The number of halogens is 5. The minimum absolute atomic E-state index is 0. The van der Waals surface area contributed by atoms with Crippen LogP contribution in [0.1, 0.15) is 0 Å². The molecule has 0 fully saturated rings. The van der Waals surface area contributed by atoms with Crippen LogP contribution in [-0.2, 0) is 19.5 Å². The van der Waals surface area contributed by atoms with Gasteiger partial charge in [-0.25, -0.2) is 0 Å². The van der Waals surface area contributed by atoms with E-state index in [9.17, 15) is 0 Å². The molecular weight excluding hydrogens is 317 g/mol. The SMILES string of the molecule is Cl.Cl.Cl.Cl.Cl.[KH].[Ru]. The fraction of sp³-hybridized carbons (Fsp3) is 0. The third-order valence-electron chi connectivity index (χ3n) is 0. The normalized spacial score (nSPS) is 0. The van der Waals surface area contributed by atoms with Crippen LogP contribution in [0.25, 0.3) is 0 Å². The van der Waals surface area contributed by atoms with Crippen molar-refractivity contribution in [2.45, 2.75) is 0 Å². The zero-order valence-corrected chi connectivity index (χ0v) is 8.22. The summed E-state index contributed by atoms with van der Waals surface area (Å²) in [6.45, 7) is 0.